The van der Waals surface area contributed by atoms with E-state index in [4.69, 9.17) is 4.74 Å². The standard InChI is InChI=1S/C29H23NO7S/c1-20-7-17-26(18-8-20)38(35,36)19-21-9-11-24(12-10-21)29(32)37-28(27(31)22-5-3-2-4-6-22)23-13-15-25(16-14-23)30(33)34/h2-18,28H,19H2,1H3/t28-/m0/s1. The van der Waals surface area contributed by atoms with Crippen LogP contribution in [0.25, 0.3) is 0 Å². The molecule has 0 fully saturated rings. The van der Waals surface area contributed by atoms with Gasteiger partial charge in [0.1, 0.15) is 0 Å². The third kappa shape index (κ3) is 6.19. The molecular formula is C29H23NO7S. The predicted octanol–water partition coefficient (Wildman–Crippen LogP) is 5.66. The maximum absolute atomic E-state index is 13.2. The normalized spacial score (nSPS) is 11.9. The number of benzene rings is 4. The molecule has 4 aromatic carbocycles. The molecule has 0 aromatic heterocycles. The van der Waals surface area contributed by atoms with Crippen molar-refractivity contribution >= 4 is 27.3 Å². The number of aryl methyl sites for hydroxylation is 1. The summed E-state index contributed by atoms with van der Waals surface area (Å²) in [5, 5.41) is 11.0. The minimum atomic E-state index is -3.58. The zero-order valence-corrected chi connectivity index (χ0v) is 21.1. The smallest absolute Gasteiger partial charge is 0.339 e. The Kier molecular flexibility index (Phi) is 7.78. The van der Waals surface area contributed by atoms with Crippen molar-refractivity contribution in [2.75, 3.05) is 0 Å². The van der Waals surface area contributed by atoms with Crippen molar-refractivity contribution in [1.82, 2.24) is 0 Å². The Morgan fingerprint density at radius 3 is 2.00 bits per heavy atom. The second-order valence-electron chi connectivity index (χ2n) is 8.63. The lowest BCUT2D eigenvalue weighted by Gasteiger charge is -2.17. The average molecular weight is 530 g/mol. The first-order valence-corrected chi connectivity index (χ1v) is 13.2. The summed E-state index contributed by atoms with van der Waals surface area (Å²) in [6.45, 7) is 1.87. The van der Waals surface area contributed by atoms with E-state index in [1.54, 1.807) is 54.6 Å². The first-order valence-electron chi connectivity index (χ1n) is 11.6. The molecule has 0 saturated carbocycles. The zero-order valence-electron chi connectivity index (χ0n) is 20.3. The number of sulfone groups is 1. The number of rotatable bonds is 9. The summed E-state index contributed by atoms with van der Waals surface area (Å²) in [6, 6.07) is 25.9. The number of hydrogen-bond acceptors (Lipinski definition) is 7. The lowest BCUT2D eigenvalue weighted by Crippen LogP contribution is -2.20. The number of carbonyl (C=O) groups excluding carboxylic acids is 2. The molecule has 0 unspecified atom stereocenters. The van der Waals surface area contributed by atoms with Crippen molar-refractivity contribution in [2.45, 2.75) is 23.7 Å². The van der Waals surface area contributed by atoms with Crippen LogP contribution in [0.1, 0.15) is 43.5 Å². The fraction of sp³-hybridized carbons (Fsp3) is 0.103. The largest absolute Gasteiger partial charge is 0.445 e. The second kappa shape index (κ2) is 11.2. The van der Waals surface area contributed by atoms with Gasteiger partial charge in [0.2, 0.25) is 5.78 Å². The van der Waals surface area contributed by atoms with Gasteiger partial charge in [-0.15, -0.1) is 0 Å². The Morgan fingerprint density at radius 1 is 0.816 bits per heavy atom. The summed E-state index contributed by atoms with van der Waals surface area (Å²) in [5.41, 5.74) is 1.97. The van der Waals surface area contributed by atoms with Crippen LogP contribution in [0.4, 0.5) is 5.69 Å². The van der Waals surface area contributed by atoms with Crippen LogP contribution >= 0.6 is 0 Å². The quantitative estimate of drug-likeness (QED) is 0.119. The summed E-state index contributed by atoms with van der Waals surface area (Å²) < 4.78 is 31.1. The van der Waals surface area contributed by atoms with E-state index in [1.165, 1.54) is 48.5 Å². The van der Waals surface area contributed by atoms with E-state index in [9.17, 15) is 28.1 Å². The highest BCUT2D eigenvalue weighted by Crippen LogP contribution is 2.26. The number of nitro benzene ring substituents is 1. The van der Waals surface area contributed by atoms with Gasteiger partial charge >= 0.3 is 5.97 Å². The molecule has 4 aromatic rings. The van der Waals surface area contributed by atoms with E-state index in [-0.39, 0.29) is 27.5 Å². The summed E-state index contributed by atoms with van der Waals surface area (Å²) in [7, 11) is -3.58. The summed E-state index contributed by atoms with van der Waals surface area (Å²) in [6.07, 6.45) is -1.34. The van der Waals surface area contributed by atoms with Gasteiger partial charge in [-0.2, -0.15) is 0 Å². The maximum Gasteiger partial charge on any atom is 0.339 e. The highest BCUT2D eigenvalue weighted by molar-refractivity contribution is 7.90. The van der Waals surface area contributed by atoms with E-state index in [1.807, 2.05) is 6.92 Å². The number of non-ortho nitro benzene ring substituents is 1. The Balaban J connectivity index is 1.55. The lowest BCUT2D eigenvalue weighted by atomic mass is 9.99. The molecule has 8 nitrogen and oxygen atoms in total. The van der Waals surface area contributed by atoms with Crippen LogP contribution in [0.2, 0.25) is 0 Å². The van der Waals surface area contributed by atoms with Crippen molar-refractivity contribution in [3.05, 3.63) is 141 Å². The first-order chi connectivity index (χ1) is 18.1. The highest BCUT2D eigenvalue weighted by Gasteiger charge is 2.27. The zero-order chi connectivity index (χ0) is 27.3. The van der Waals surface area contributed by atoms with E-state index >= 15 is 0 Å². The third-order valence-electron chi connectivity index (χ3n) is 5.85. The molecule has 0 aliphatic heterocycles. The van der Waals surface area contributed by atoms with Gasteiger partial charge in [0, 0.05) is 23.3 Å². The summed E-state index contributed by atoms with van der Waals surface area (Å²) >= 11 is 0. The fourth-order valence-corrected chi connectivity index (χ4v) is 5.11. The molecule has 0 aliphatic rings. The SMILES string of the molecule is Cc1ccc(S(=O)(=O)Cc2ccc(C(=O)O[C@H](C(=O)c3ccccc3)c3ccc([N+](=O)[O-])cc3)cc2)cc1. The average Bonchev–Trinajstić information content (AvgIpc) is 2.92. The number of hydrogen-bond donors (Lipinski definition) is 0. The number of esters is 1. The molecule has 4 rings (SSSR count). The van der Waals surface area contributed by atoms with Gasteiger partial charge in [0.15, 0.2) is 15.9 Å². The monoisotopic (exact) mass is 529 g/mol. The Hall–Kier alpha value is -4.63. The highest BCUT2D eigenvalue weighted by atomic mass is 32.2. The number of nitro groups is 1. The summed E-state index contributed by atoms with van der Waals surface area (Å²) in [4.78, 5) is 36.9. The number of ketones is 1. The molecule has 1 atom stereocenters. The minimum Gasteiger partial charge on any atom is -0.445 e. The molecule has 0 amide bonds. The van der Waals surface area contributed by atoms with Gasteiger partial charge in [-0.05, 0) is 48.9 Å². The first kappa shape index (κ1) is 26.4. The lowest BCUT2D eigenvalue weighted by molar-refractivity contribution is -0.384. The molecule has 0 N–H and O–H groups in total. The van der Waals surface area contributed by atoms with E-state index in [0.717, 1.165) is 5.56 Å². The van der Waals surface area contributed by atoms with Gasteiger partial charge < -0.3 is 4.74 Å². The maximum atomic E-state index is 13.2. The van der Waals surface area contributed by atoms with Gasteiger partial charge in [-0.1, -0.05) is 60.2 Å². The van der Waals surface area contributed by atoms with Crippen LogP contribution in [0.5, 0.6) is 0 Å². The van der Waals surface area contributed by atoms with Crippen molar-refractivity contribution in [1.29, 1.82) is 0 Å². The van der Waals surface area contributed by atoms with Gasteiger partial charge in [-0.3, -0.25) is 14.9 Å². The van der Waals surface area contributed by atoms with Crippen molar-refractivity contribution in [3.63, 3.8) is 0 Å². The van der Waals surface area contributed by atoms with Crippen LogP contribution in [0, 0.1) is 17.0 Å². The molecule has 0 aliphatic carbocycles. The third-order valence-corrected chi connectivity index (χ3v) is 7.56. The van der Waals surface area contributed by atoms with Crippen molar-refractivity contribution in [3.8, 4) is 0 Å². The van der Waals surface area contributed by atoms with Crippen LogP contribution in [-0.2, 0) is 20.3 Å². The number of ether oxygens (including phenoxy) is 1. The molecule has 192 valence electrons. The van der Waals surface area contributed by atoms with E-state index < -0.39 is 32.6 Å². The van der Waals surface area contributed by atoms with Crippen LogP contribution in [0.3, 0.4) is 0 Å². The van der Waals surface area contributed by atoms with Gasteiger partial charge in [0.05, 0.1) is 21.1 Å². The molecule has 38 heavy (non-hydrogen) atoms. The predicted molar refractivity (Wildman–Crippen MR) is 141 cm³/mol. The van der Waals surface area contributed by atoms with Crippen LogP contribution in [-0.4, -0.2) is 25.1 Å². The van der Waals surface area contributed by atoms with Gasteiger partial charge in [0.25, 0.3) is 5.69 Å². The minimum absolute atomic E-state index is 0.120. The molecule has 9 heteroatoms. The fourth-order valence-electron chi connectivity index (χ4n) is 3.76. The second-order valence-corrected chi connectivity index (χ2v) is 10.6. The molecule has 0 bridgehead atoms. The Morgan fingerprint density at radius 2 is 1.42 bits per heavy atom. The topological polar surface area (TPSA) is 121 Å². The number of carbonyl (C=O) groups is 2. The molecule has 0 heterocycles. The Bertz CT molecular complexity index is 1560. The number of nitrogens with zero attached hydrogens (tertiary/aromatic N) is 1. The van der Waals surface area contributed by atoms with Gasteiger partial charge in [-0.25, -0.2) is 13.2 Å². The Labute approximate surface area is 219 Å². The van der Waals surface area contributed by atoms with Crippen LogP contribution in [0.15, 0.2) is 108 Å². The molecular weight excluding hydrogens is 506 g/mol. The van der Waals surface area contributed by atoms with Crippen LogP contribution < -0.4 is 0 Å². The summed E-state index contributed by atoms with van der Waals surface area (Å²) in [5.74, 6) is -1.54. The number of Topliss-reactive ketones (excluding diaryl/α,β-unsaturated/α-hetero) is 1. The molecule has 0 saturated heterocycles. The molecule has 0 radical (unpaired) electrons. The molecule has 0 spiro atoms. The van der Waals surface area contributed by atoms with Crippen molar-refractivity contribution in [2.24, 2.45) is 0 Å². The van der Waals surface area contributed by atoms with E-state index in [0.29, 0.717) is 11.1 Å². The van der Waals surface area contributed by atoms with Crippen molar-refractivity contribution < 1.29 is 27.7 Å². The van der Waals surface area contributed by atoms with E-state index in [2.05, 4.69) is 0 Å².